The largest absolute Gasteiger partial charge is 0.497 e. The molecule has 0 aliphatic carbocycles. The van der Waals surface area contributed by atoms with Crippen molar-refractivity contribution in [3.63, 3.8) is 0 Å². The summed E-state index contributed by atoms with van der Waals surface area (Å²) in [7, 11) is 3.71. The average Bonchev–Trinajstić information content (AvgIpc) is 2.63. The van der Waals surface area contributed by atoms with E-state index in [0.29, 0.717) is 5.56 Å². The van der Waals surface area contributed by atoms with Gasteiger partial charge in [-0.05, 0) is 37.4 Å². The van der Waals surface area contributed by atoms with Crippen molar-refractivity contribution in [2.24, 2.45) is 0 Å². The highest BCUT2D eigenvalue weighted by Crippen LogP contribution is 2.20. The molecule has 1 amide bonds. The van der Waals surface area contributed by atoms with Gasteiger partial charge in [-0.25, -0.2) is 0 Å². The molecule has 1 aromatic heterocycles. The van der Waals surface area contributed by atoms with Gasteiger partial charge < -0.3 is 19.9 Å². The summed E-state index contributed by atoms with van der Waals surface area (Å²) in [6.45, 7) is 3.32. The third kappa shape index (κ3) is 3.83. The minimum Gasteiger partial charge on any atom is -0.497 e. The van der Waals surface area contributed by atoms with Crippen molar-refractivity contribution in [3.05, 3.63) is 48.3 Å². The van der Waals surface area contributed by atoms with Crippen LogP contribution in [0.2, 0.25) is 0 Å². The molecule has 0 unspecified atom stereocenters. The number of ether oxygens (including phenoxy) is 1. The molecule has 6 nitrogen and oxygen atoms in total. The average molecular weight is 326 g/mol. The Morgan fingerprint density at radius 2 is 1.79 bits per heavy atom. The van der Waals surface area contributed by atoms with Crippen LogP contribution in [0.5, 0.6) is 5.75 Å². The number of hydrogen-bond acceptors (Lipinski definition) is 5. The summed E-state index contributed by atoms with van der Waals surface area (Å²) >= 11 is 0. The summed E-state index contributed by atoms with van der Waals surface area (Å²) in [6, 6.07) is 9.46. The van der Waals surface area contributed by atoms with Crippen LogP contribution >= 0.6 is 0 Å². The normalized spacial score (nSPS) is 15.2. The molecular weight excluding hydrogens is 304 g/mol. The molecule has 0 bridgehead atoms. The zero-order valence-corrected chi connectivity index (χ0v) is 14.0. The minimum absolute atomic E-state index is 0.0361. The lowest BCUT2D eigenvalue weighted by Gasteiger charge is -2.32. The zero-order valence-electron chi connectivity index (χ0n) is 14.0. The van der Waals surface area contributed by atoms with E-state index < -0.39 is 0 Å². The topological polar surface area (TPSA) is 57.7 Å². The van der Waals surface area contributed by atoms with Gasteiger partial charge in [-0.15, -0.1) is 0 Å². The van der Waals surface area contributed by atoms with Gasteiger partial charge in [-0.1, -0.05) is 0 Å². The van der Waals surface area contributed by atoms with E-state index in [0.717, 1.165) is 43.3 Å². The van der Waals surface area contributed by atoms with Crippen LogP contribution < -0.4 is 10.1 Å². The highest BCUT2D eigenvalue weighted by atomic mass is 16.5. The van der Waals surface area contributed by atoms with E-state index in [4.69, 9.17) is 4.74 Å². The maximum Gasteiger partial charge on any atom is 0.255 e. The molecule has 1 aliphatic rings. The van der Waals surface area contributed by atoms with Crippen LogP contribution in [0.4, 0.5) is 11.4 Å². The third-order valence-corrected chi connectivity index (χ3v) is 4.15. The quantitative estimate of drug-likeness (QED) is 0.934. The van der Waals surface area contributed by atoms with Crippen molar-refractivity contribution in [1.29, 1.82) is 0 Å². The van der Waals surface area contributed by atoms with Crippen LogP contribution in [0.15, 0.2) is 42.7 Å². The van der Waals surface area contributed by atoms with Gasteiger partial charge in [-0.3, -0.25) is 9.78 Å². The van der Waals surface area contributed by atoms with E-state index in [1.165, 1.54) is 0 Å². The standard InChI is InChI=1S/C18H22N4O2/c1-21-7-9-22(10-8-21)18(23)14-11-16(13-19-12-14)20-15-3-5-17(24-2)6-4-15/h3-6,11-13,20H,7-10H2,1-2H3. The molecule has 1 N–H and O–H groups in total. The molecule has 3 rings (SSSR count). The Kier molecular flexibility index (Phi) is 4.96. The van der Waals surface area contributed by atoms with Gasteiger partial charge in [0.1, 0.15) is 5.75 Å². The minimum atomic E-state index is 0.0361. The second-order valence-electron chi connectivity index (χ2n) is 5.91. The number of rotatable bonds is 4. The first-order valence-electron chi connectivity index (χ1n) is 7.99. The van der Waals surface area contributed by atoms with Crippen LogP contribution in [-0.4, -0.2) is 61.0 Å². The lowest BCUT2D eigenvalue weighted by Crippen LogP contribution is -2.47. The molecule has 126 valence electrons. The Morgan fingerprint density at radius 3 is 2.46 bits per heavy atom. The summed E-state index contributed by atoms with van der Waals surface area (Å²) in [5, 5.41) is 3.26. The van der Waals surface area contributed by atoms with Crippen LogP contribution in [0, 0.1) is 0 Å². The number of pyridine rings is 1. The lowest BCUT2D eigenvalue weighted by molar-refractivity contribution is 0.0663. The molecule has 1 saturated heterocycles. The Labute approximate surface area is 142 Å². The maximum absolute atomic E-state index is 12.6. The van der Waals surface area contributed by atoms with Crippen LogP contribution in [0.25, 0.3) is 0 Å². The van der Waals surface area contributed by atoms with Crippen molar-refractivity contribution in [2.75, 3.05) is 45.7 Å². The maximum atomic E-state index is 12.6. The number of carbonyl (C=O) groups is 1. The van der Waals surface area contributed by atoms with Gasteiger partial charge in [0.15, 0.2) is 0 Å². The van der Waals surface area contributed by atoms with E-state index in [2.05, 4.69) is 22.2 Å². The van der Waals surface area contributed by atoms with Gasteiger partial charge in [0.25, 0.3) is 5.91 Å². The third-order valence-electron chi connectivity index (χ3n) is 4.15. The van der Waals surface area contributed by atoms with E-state index in [1.54, 1.807) is 19.5 Å². The summed E-state index contributed by atoms with van der Waals surface area (Å²) in [4.78, 5) is 20.9. The molecule has 6 heteroatoms. The highest BCUT2D eigenvalue weighted by Gasteiger charge is 2.20. The van der Waals surface area contributed by atoms with Crippen molar-refractivity contribution < 1.29 is 9.53 Å². The van der Waals surface area contributed by atoms with Crippen molar-refractivity contribution in [1.82, 2.24) is 14.8 Å². The number of piperazine rings is 1. The van der Waals surface area contributed by atoms with E-state index >= 15 is 0 Å². The first-order chi connectivity index (χ1) is 11.7. The molecule has 1 fully saturated rings. The number of nitrogens with one attached hydrogen (secondary N) is 1. The van der Waals surface area contributed by atoms with Gasteiger partial charge in [0.2, 0.25) is 0 Å². The molecule has 1 aromatic carbocycles. The van der Waals surface area contributed by atoms with Gasteiger partial charge in [0.05, 0.1) is 24.6 Å². The highest BCUT2D eigenvalue weighted by molar-refractivity contribution is 5.95. The smallest absolute Gasteiger partial charge is 0.255 e. The molecule has 0 atom stereocenters. The number of nitrogens with zero attached hydrogens (tertiary/aromatic N) is 3. The van der Waals surface area contributed by atoms with E-state index in [1.807, 2.05) is 35.2 Å². The summed E-state index contributed by atoms with van der Waals surface area (Å²) < 4.78 is 5.15. The number of likely N-dealkylation sites (N-methyl/N-ethyl adjacent to an activating group) is 1. The van der Waals surface area contributed by atoms with Crippen LogP contribution in [-0.2, 0) is 0 Å². The molecular formula is C18H22N4O2. The molecule has 2 aromatic rings. The Balaban J connectivity index is 1.70. The van der Waals surface area contributed by atoms with E-state index in [9.17, 15) is 4.79 Å². The number of hydrogen-bond donors (Lipinski definition) is 1. The Morgan fingerprint density at radius 1 is 1.08 bits per heavy atom. The molecule has 24 heavy (non-hydrogen) atoms. The molecule has 2 heterocycles. The zero-order chi connectivity index (χ0) is 16.9. The number of amides is 1. The second-order valence-corrected chi connectivity index (χ2v) is 5.91. The van der Waals surface area contributed by atoms with E-state index in [-0.39, 0.29) is 5.91 Å². The van der Waals surface area contributed by atoms with Gasteiger partial charge in [0, 0.05) is 38.1 Å². The SMILES string of the molecule is COc1ccc(Nc2cncc(C(=O)N3CCN(C)CC3)c2)cc1. The lowest BCUT2D eigenvalue weighted by atomic mass is 10.2. The van der Waals surface area contributed by atoms with Gasteiger partial charge in [-0.2, -0.15) is 0 Å². The summed E-state index contributed by atoms with van der Waals surface area (Å²) in [5.41, 5.74) is 2.32. The molecule has 1 aliphatic heterocycles. The fourth-order valence-electron chi connectivity index (χ4n) is 2.66. The number of benzene rings is 1. The first-order valence-corrected chi connectivity index (χ1v) is 7.99. The summed E-state index contributed by atoms with van der Waals surface area (Å²) in [5.74, 6) is 0.839. The monoisotopic (exact) mass is 326 g/mol. The first kappa shape index (κ1) is 16.3. The predicted molar refractivity (Wildman–Crippen MR) is 93.9 cm³/mol. The Hall–Kier alpha value is -2.60. The van der Waals surface area contributed by atoms with Crippen molar-refractivity contribution in [2.45, 2.75) is 0 Å². The van der Waals surface area contributed by atoms with Crippen LogP contribution in [0.3, 0.4) is 0 Å². The fourth-order valence-corrected chi connectivity index (χ4v) is 2.66. The number of anilines is 2. The molecule has 0 spiro atoms. The number of carbonyl (C=O) groups excluding carboxylic acids is 1. The summed E-state index contributed by atoms with van der Waals surface area (Å²) in [6.07, 6.45) is 3.34. The predicted octanol–water partition coefficient (Wildman–Crippen LogP) is 2.22. The Bertz CT molecular complexity index is 694. The number of aromatic nitrogens is 1. The fraction of sp³-hybridized carbons (Fsp3) is 0.333. The van der Waals surface area contributed by atoms with Crippen LogP contribution in [0.1, 0.15) is 10.4 Å². The molecule has 0 saturated carbocycles. The molecule has 0 radical (unpaired) electrons. The van der Waals surface area contributed by atoms with Gasteiger partial charge >= 0.3 is 0 Å². The number of methoxy groups -OCH3 is 1. The van der Waals surface area contributed by atoms with Crippen molar-refractivity contribution in [3.8, 4) is 5.75 Å². The second kappa shape index (κ2) is 7.31. The van der Waals surface area contributed by atoms with Crippen molar-refractivity contribution >= 4 is 17.3 Å².